The first-order valence-electron chi connectivity index (χ1n) is 8.60. The molecule has 0 unspecified atom stereocenters. The molecule has 0 heterocycles. The van der Waals surface area contributed by atoms with E-state index < -0.39 is 11.6 Å². The van der Waals surface area contributed by atoms with Gasteiger partial charge in [-0.25, -0.2) is 0 Å². The lowest BCUT2D eigenvalue weighted by Crippen LogP contribution is -2.19. The van der Waals surface area contributed by atoms with Crippen LogP contribution in [0.15, 0.2) is 58.7 Å². The molecule has 1 aliphatic carbocycles. The van der Waals surface area contributed by atoms with Crippen molar-refractivity contribution >= 4 is 11.6 Å². The molecule has 24 heavy (non-hydrogen) atoms. The Balaban J connectivity index is 2.79. The zero-order chi connectivity index (χ0) is 18.3. The van der Waals surface area contributed by atoms with Crippen LogP contribution in [0.3, 0.4) is 0 Å². The minimum absolute atomic E-state index is 0.251. The molecule has 0 aromatic heterocycles. The minimum atomic E-state index is -0.459. The van der Waals surface area contributed by atoms with Crippen LogP contribution in [0.2, 0.25) is 0 Å². The number of hydrogen-bond acceptors (Lipinski definition) is 2. The molecule has 0 saturated heterocycles. The summed E-state index contributed by atoms with van der Waals surface area (Å²) in [7, 11) is 0. The fourth-order valence-electron chi connectivity index (χ4n) is 2.99. The zero-order valence-electron chi connectivity index (χ0n) is 15.9. The van der Waals surface area contributed by atoms with E-state index in [1.165, 1.54) is 43.4 Å². The maximum atomic E-state index is 11.3. The van der Waals surface area contributed by atoms with Gasteiger partial charge in [-0.15, -0.1) is 0 Å². The number of rotatable bonds is 6. The molecule has 0 atom stereocenters. The Morgan fingerprint density at radius 1 is 1.04 bits per heavy atom. The van der Waals surface area contributed by atoms with E-state index in [0.29, 0.717) is 0 Å². The summed E-state index contributed by atoms with van der Waals surface area (Å²) in [5.74, 6) is -0.893. The van der Waals surface area contributed by atoms with Crippen molar-refractivity contribution in [2.24, 2.45) is 5.41 Å². The van der Waals surface area contributed by atoms with Crippen LogP contribution in [0, 0.1) is 5.41 Å². The van der Waals surface area contributed by atoms with E-state index in [1.54, 1.807) is 0 Å². The number of ketones is 2. The van der Waals surface area contributed by atoms with Gasteiger partial charge in [-0.05, 0) is 62.7 Å². The Kier molecular flexibility index (Phi) is 7.34. The summed E-state index contributed by atoms with van der Waals surface area (Å²) in [5.41, 5.74) is 5.12. The van der Waals surface area contributed by atoms with Crippen LogP contribution in [0.5, 0.6) is 0 Å². The van der Waals surface area contributed by atoms with E-state index in [9.17, 15) is 9.59 Å². The van der Waals surface area contributed by atoms with Crippen molar-refractivity contribution in [3.05, 3.63) is 58.7 Å². The van der Waals surface area contributed by atoms with Crippen molar-refractivity contribution in [1.82, 2.24) is 0 Å². The molecule has 130 valence electrons. The second-order valence-electron chi connectivity index (χ2n) is 7.34. The molecule has 0 amide bonds. The molecule has 0 aromatic carbocycles. The normalized spacial score (nSPS) is 19.4. The van der Waals surface area contributed by atoms with Gasteiger partial charge in [-0.1, -0.05) is 55.4 Å². The third-order valence-corrected chi connectivity index (χ3v) is 4.48. The van der Waals surface area contributed by atoms with E-state index in [0.717, 1.165) is 11.1 Å². The number of Topliss-reactive ketones (excluding diaryl/α,β-unsaturated/α-hetero) is 1. The summed E-state index contributed by atoms with van der Waals surface area (Å²) >= 11 is 0. The number of carbonyl (C=O) groups excluding carboxylic acids is 2. The second kappa shape index (κ2) is 8.77. The highest BCUT2D eigenvalue weighted by molar-refractivity contribution is 6.40. The van der Waals surface area contributed by atoms with Gasteiger partial charge in [-0.3, -0.25) is 9.59 Å². The molecule has 0 aromatic rings. The highest BCUT2D eigenvalue weighted by Gasteiger charge is 2.26. The van der Waals surface area contributed by atoms with Gasteiger partial charge < -0.3 is 0 Å². The van der Waals surface area contributed by atoms with Crippen LogP contribution >= 0.6 is 0 Å². The fraction of sp³-hybridized carbons (Fsp3) is 0.455. The highest BCUT2D eigenvalue weighted by atomic mass is 16.2. The molecule has 0 radical (unpaired) electrons. The Labute approximate surface area is 146 Å². The molecule has 0 saturated carbocycles. The van der Waals surface area contributed by atoms with Crippen molar-refractivity contribution in [3.63, 3.8) is 0 Å². The van der Waals surface area contributed by atoms with Gasteiger partial charge in [0.05, 0.1) is 0 Å². The topological polar surface area (TPSA) is 34.1 Å². The van der Waals surface area contributed by atoms with Crippen LogP contribution in [0.1, 0.15) is 60.8 Å². The molecule has 1 aliphatic rings. The summed E-state index contributed by atoms with van der Waals surface area (Å²) in [6.07, 6.45) is 15.2. The monoisotopic (exact) mass is 326 g/mol. The predicted molar refractivity (Wildman–Crippen MR) is 102 cm³/mol. The first kappa shape index (κ1) is 20.1. The van der Waals surface area contributed by atoms with Crippen molar-refractivity contribution in [2.75, 3.05) is 0 Å². The first-order valence-corrected chi connectivity index (χ1v) is 8.60. The lowest BCUT2D eigenvalue weighted by atomic mass is 9.72. The average molecular weight is 326 g/mol. The Morgan fingerprint density at radius 3 is 2.29 bits per heavy atom. The Morgan fingerprint density at radius 2 is 1.71 bits per heavy atom. The van der Waals surface area contributed by atoms with Gasteiger partial charge in [-0.2, -0.15) is 0 Å². The molecule has 0 fully saturated rings. The van der Waals surface area contributed by atoms with Crippen LogP contribution in [0.4, 0.5) is 0 Å². The smallest absolute Gasteiger partial charge is 0.221 e. The summed E-state index contributed by atoms with van der Waals surface area (Å²) in [5, 5.41) is 0. The lowest BCUT2D eigenvalue weighted by molar-refractivity contribution is -0.132. The standard InChI is InChI=1S/C22H30O2/c1-16(9-7-10-17(2)15-21(24)19(4)23)12-13-20-18(3)11-8-14-22(20,5)6/h7,9-10,12-13,15H,8,11,14H2,1-6H3/b10-7+,13-12+,16-9+,17-15+. The average Bonchev–Trinajstić information content (AvgIpc) is 2.45. The van der Waals surface area contributed by atoms with Crippen LogP contribution in [-0.4, -0.2) is 11.6 Å². The van der Waals surface area contributed by atoms with E-state index in [-0.39, 0.29) is 5.41 Å². The van der Waals surface area contributed by atoms with Crippen molar-refractivity contribution in [1.29, 1.82) is 0 Å². The van der Waals surface area contributed by atoms with Gasteiger partial charge >= 0.3 is 0 Å². The summed E-state index contributed by atoms with van der Waals surface area (Å²) in [6.45, 7) is 12.0. The summed E-state index contributed by atoms with van der Waals surface area (Å²) < 4.78 is 0. The molecule has 0 spiro atoms. The molecule has 1 rings (SSSR count). The summed E-state index contributed by atoms with van der Waals surface area (Å²) in [4.78, 5) is 22.3. The quantitative estimate of drug-likeness (QED) is 0.358. The van der Waals surface area contributed by atoms with Gasteiger partial charge in [0.15, 0.2) is 5.78 Å². The maximum Gasteiger partial charge on any atom is 0.221 e. The molecule has 2 heteroatoms. The number of hydrogen-bond donors (Lipinski definition) is 0. The van der Waals surface area contributed by atoms with Crippen molar-refractivity contribution in [3.8, 4) is 0 Å². The number of allylic oxidation sites excluding steroid dienone is 10. The molecule has 0 aliphatic heterocycles. The van der Waals surface area contributed by atoms with Gasteiger partial charge in [0.1, 0.15) is 0 Å². The SMILES string of the molecule is CC(=O)C(=O)/C=C(C)/C=C/C=C(C)/C=C/C1=C(C)CCCC1(C)C. The minimum Gasteiger partial charge on any atom is -0.291 e. The second-order valence-corrected chi connectivity index (χ2v) is 7.34. The predicted octanol–water partition coefficient (Wildman–Crippen LogP) is 5.68. The molecular weight excluding hydrogens is 296 g/mol. The van der Waals surface area contributed by atoms with Crippen LogP contribution in [0.25, 0.3) is 0 Å². The molecule has 0 N–H and O–H groups in total. The van der Waals surface area contributed by atoms with Crippen LogP contribution < -0.4 is 0 Å². The zero-order valence-corrected chi connectivity index (χ0v) is 15.9. The third kappa shape index (κ3) is 6.27. The molecule has 2 nitrogen and oxygen atoms in total. The lowest BCUT2D eigenvalue weighted by Gasteiger charge is -2.32. The Bertz CT molecular complexity index is 649. The van der Waals surface area contributed by atoms with Crippen molar-refractivity contribution in [2.45, 2.75) is 60.8 Å². The van der Waals surface area contributed by atoms with E-state index in [4.69, 9.17) is 0 Å². The molecular formula is C22H30O2. The van der Waals surface area contributed by atoms with E-state index >= 15 is 0 Å². The van der Waals surface area contributed by atoms with Gasteiger partial charge in [0.25, 0.3) is 0 Å². The third-order valence-electron chi connectivity index (χ3n) is 4.48. The van der Waals surface area contributed by atoms with Crippen molar-refractivity contribution < 1.29 is 9.59 Å². The fourth-order valence-corrected chi connectivity index (χ4v) is 2.99. The molecule has 0 bridgehead atoms. The number of carbonyl (C=O) groups is 2. The maximum absolute atomic E-state index is 11.3. The van der Waals surface area contributed by atoms with Gasteiger partial charge in [0, 0.05) is 6.92 Å². The first-order chi connectivity index (χ1) is 11.1. The highest BCUT2D eigenvalue weighted by Crippen LogP contribution is 2.40. The van der Waals surface area contributed by atoms with Crippen LogP contribution in [-0.2, 0) is 9.59 Å². The largest absolute Gasteiger partial charge is 0.291 e. The summed E-state index contributed by atoms with van der Waals surface area (Å²) in [6, 6.07) is 0. The van der Waals surface area contributed by atoms with E-state index in [2.05, 4.69) is 39.8 Å². The Hall–Kier alpha value is -1.96. The van der Waals surface area contributed by atoms with Gasteiger partial charge in [0.2, 0.25) is 5.78 Å². The van der Waals surface area contributed by atoms with E-state index in [1.807, 2.05) is 25.2 Å².